The average Bonchev–Trinajstić information content (AvgIpc) is 2.32. The predicted molar refractivity (Wildman–Crippen MR) is 67.8 cm³/mol. The number of sulfone groups is 1. The molecule has 0 bridgehead atoms. The molecule has 19 heavy (non-hydrogen) atoms. The van der Waals surface area contributed by atoms with Crippen LogP contribution in [0.5, 0.6) is 0 Å². The molecule has 1 unspecified atom stereocenters. The van der Waals surface area contributed by atoms with Gasteiger partial charge in [-0.2, -0.15) is 0 Å². The van der Waals surface area contributed by atoms with E-state index in [4.69, 9.17) is 4.74 Å². The van der Waals surface area contributed by atoms with E-state index in [1.54, 1.807) is 0 Å². The summed E-state index contributed by atoms with van der Waals surface area (Å²) >= 11 is 0. The molecule has 108 valence electrons. The van der Waals surface area contributed by atoms with Gasteiger partial charge in [0.15, 0.2) is 9.84 Å². The van der Waals surface area contributed by atoms with E-state index in [0.717, 1.165) is 12.1 Å². The molecule has 0 aliphatic rings. The van der Waals surface area contributed by atoms with Crippen LogP contribution in [-0.4, -0.2) is 40.5 Å². The first kappa shape index (κ1) is 16.0. The number of methoxy groups -OCH3 is 1. The average molecular weight is 293 g/mol. The van der Waals surface area contributed by atoms with E-state index >= 15 is 0 Å². The molecule has 4 nitrogen and oxygen atoms in total. The molecule has 0 fully saturated rings. The van der Waals surface area contributed by atoms with E-state index in [9.17, 15) is 17.2 Å². The Labute approximate surface area is 111 Å². The molecule has 1 aromatic rings. The Morgan fingerprint density at radius 3 is 2.63 bits per heavy atom. The van der Waals surface area contributed by atoms with Gasteiger partial charge >= 0.3 is 0 Å². The van der Waals surface area contributed by atoms with Crippen molar-refractivity contribution in [2.75, 3.05) is 26.0 Å². The lowest BCUT2D eigenvalue weighted by atomic mass is 10.3. The van der Waals surface area contributed by atoms with Gasteiger partial charge < -0.3 is 10.1 Å². The third kappa shape index (κ3) is 4.52. The number of ether oxygens (including phenoxy) is 1. The Bertz CT molecular complexity index is 514. The van der Waals surface area contributed by atoms with Crippen molar-refractivity contribution in [3.05, 3.63) is 29.8 Å². The van der Waals surface area contributed by atoms with Crippen molar-refractivity contribution in [3.63, 3.8) is 0 Å². The zero-order valence-corrected chi connectivity index (χ0v) is 11.6. The molecule has 1 atom stereocenters. The summed E-state index contributed by atoms with van der Waals surface area (Å²) in [5.74, 6) is -2.09. The Hall–Kier alpha value is -1.05. The number of hydrogen-bond donors (Lipinski definition) is 1. The Kier molecular flexibility index (Phi) is 5.84. The van der Waals surface area contributed by atoms with E-state index in [1.807, 2.05) is 6.92 Å². The molecule has 1 rings (SSSR count). The molecule has 0 radical (unpaired) electrons. The molecule has 0 saturated heterocycles. The zero-order valence-electron chi connectivity index (χ0n) is 10.8. The first-order chi connectivity index (χ1) is 8.90. The van der Waals surface area contributed by atoms with Crippen LogP contribution >= 0.6 is 0 Å². The topological polar surface area (TPSA) is 55.4 Å². The van der Waals surface area contributed by atoms with Gasteiger partial charge in [0.1, 0.15) is 16.5 Å². The number of nitrogens with one attached hydrogen (secondary N) is 1. The molecule has 0 aliphatic heterocycles. The molecule has 0 aliphatic carbocycles. The molecule has 1 N–H and O–H groups in total. The van der Waals surface area contributed by atoms with E-state index in [2.05, 4.69) is 5.32 Å². The van der Waals surface area contributed by atoms with E-state index in [0.29, 0.717) is 12.6 Å². The lowest BCUT2D eigenvalue weighted by Crippen LogP contribution is -2.39. The SMILES string of the molecule is CCNC(COC)CS(=O)(=O)c1cc(F)ccc1F. The third-order valence-corrected chi connectivity index (χ3v) is 4.33. The molecule has 0 amide bonds. The number of hydrogen-bond acceptors (Lipinski definition) is 4. The van der Waals surface area contributed by atoms with Crippen molar-refractivity contribution >= 4 is 9.84 Å². The molecule has 7 heteroatoms. The number of benzene rings is 1. The van der Waals surface area contributed by atoms with Crippen LogP contribution in [0.25, 0.3) is 0 Å². The number of halogens is 2. The van der Waals surface area contributed by atoms with Crippen molar-refractivity contribution in [1.29, 1.82) is 0 Å². The monoisotopic (exact) mass is 293 g/mol. The minimum Gasteiger partial charge on any atom is -0.383 e. The Morgan fingerprint density at radius 2 is 2.05 bits per heavy atom. The van der Waals surface area contributed by atoms with Crippen LogP contribution in [0.1, 0.15) is 6.92 Å². The zero-order chi connectivity index (χ0) is 14.5. The first-order valence-corrected chi connectivity index (χ1v) is 7.46. The maximum atomic E-state index is 13.5. The largest absolute Gasteiger partial charge is 0.383 e. The number of likely N-dealkylation sites (N-methyl/N-ethyl adjacent to an activating group) is 1. The predicted octanol–water partition coefficient (Wildman–Crippen LogP) is 1.36. The third-order valence-electron chi connectivity index (χ3n) is 2.51. The summed E-state index contributed by atoms with van der Waals surface area (Å²) in [5.41, 5.74) is 0. The second-order valence-electron chi connectivity index (χ2n) is 4.07. The highest BCUT2D eigenvalue weighted by atomic mass is 32.2. The highest BCUT2D eigenvalue weighted by molar-refractivity contribution is 7.91. The van der Waals surface area contributed by atoms with Crippen molar-refractivity contribution < 1.29 is 21.9 Å². The summed E-state index contributed by atoms with van der Waals surface area (Å²) < 4.78 is 55.6. The van der Waals surface area contributed by atoms with Crippen molar-refractivity contribution in [2.45, 2.75) is 17.9 Å². The van der Waals surface area contributed by atoms with E-state index in [-0.39, 0.29) is 12.4 Å². The normalized spacial score (nSPS) is 13.5. The van der Waals surface area contributed by atoms with Crippen LogP contribution in [0.2, 0.25) is 0 Å². The van der Waals surface area contributed by atoms with Crippen molar-refractivity contribution in [3.8, 4) is 0 Å². The fourth-order valence-electron chi connectivity index (χ4n) is 1.73. The summed E-state index contributed by atoms with van der Waals surface area (Å²) in [7, 11) is -2.47. The van der Waals surface area contributed by atoms with Gasteiger partial charge in [0.2, 0.25) is 0 Å². The summed E-state index contributed by atoms with van der Waals surface area (Å²) in [6, 6.07) is 1.91. The summed E-state index contributed by atoms with van der Waals surface area (Å²) in [4.78, 5) is -0.619. The van der Waals surface area contributed by atoms with Gasteiger partial charge in [-0.15, -0.1) is 0 Å². The van der Waals surface area contributed by atoms with Gasteiger partial charge in [0.25, 0.3) is 0 Å². The highest BCUT2D eigenvalue weighted by Crippen LogP contribution is 2.18. The van der Waals surface area contributed by atoms with Crippen molar-refractivity contribution in [2.24, 2.45) is 0 Å². The molecular formula is C12H17F2NO3S. The summed E-state index contributed by atoms with van der Waals surface area (Å²) in [6.45, 7) is 2.54. The standard InChI is InChI=1S/C12H17F2NO3S/c1-3-15-10(7-18-2)8-19(16,17)12-6-9(13)4-5-11(12)14/h4-6,10,15H,3,7-8H2,1-2H3. The second kappa shape index (κ2) is 6.93. The Balaban J connectivity index is 2.99. The van der Waals surface area contributed by atoms with E-state index < -0.39 is 32.4 Å². The first-order valence-electron chi connectivity index (χ1n) is 5.80. The smallest absolute Gasteiger partial charge is 0.182 e. The van der Waals surface area contributed by atoms with E-state index in [1.165, 1.54) is 7.11 Å². The van der Waals surface area contributed by atoms with Gasteiger partial charge in [-0.1, -0.05) is 6.92 Å². The van der Waals surface area contributed by atoms with Gasteiger partial charge in [-0.3, -0.25) is 0 Å². The molecule has 0 saturated carbocycles. The highest BCUT2D eigenvalue weighted by Gasteiger charge is 2.24. The molecule has 0 spiro atoms. The fourth-order valence-corrected chi connectivity index (χ4v) is 3.31. The summed E-state index contributed by atoms with van der Waals surface area (Å²) in [6.07, 6.45) is 0. The summed E-state index contributed by atoms with van der Waals surface area (Å²) in [5, 5.41) is 2.92. The molecule has 1 aromatic carbocycles. The lowest BCUT2D eigenvalue weighted by Gasteiger charge is -2.17. The van der Waals surface area contributed by atoms with Crippen LogP contribution in [-0.2, 0) is 14.6 Å². The quantitative estimate of drug-likeness (QED) is 0.825. The Morgan fingerprint density at radius 1 is 1.37 bits per heavy atom. The fraction of sp³-hybridized carbons (Fsp3) is 0.500. The molecule has 0 aromatic heterocycles. The van der Waals surface area contributed by atoms with Crippen LogP contribution in [0.4, 0.5) is 8.78 Å². The molecule has 0 heterocycles. The minimum atomic E-state index is -3.91. The number of rotatable bonds is 7. The van der Waals surface area contributed by atoms with Crippen LogP contribution in [0.3, 0.4) is 0 Å². The van der Waals surface area contributed by atoms with Crippen LogP contribution in [0, 0.1) is 11.6 Å². The van der Waals surface area contributed by atoms with Gasteiger partial charge in [-0.25, -0.2) is 17.2 Å². The maximum Gasteiger partial charge on any atom is 0.182 e. The minimum absolute atomic E-state index is 0.171. The maximum absolute atomic E-state index is 13.5. The second-order valence-corrected chi connectivity index (χ2v) is 6.07. The van der Waals surface area contributed by atoms with Gasteiger partial charge in [-0.05, 0) is 24.7 Å². The van der Waals surface area contributed by atoms with Crippen LogP contribution < -0.4 is 5.32 Å². The van der Waals surface area contributed by atoms with Crippen molar-refractivity contribution in [1.82, 2.24) is 5.32 Å². The van der Waals surface area contributed by atoms with Gasteiger partial charge in [0, 0.05) is 13.2 Å². The van der Waals surface area contributed by atoms with Gasteiger partial charge in [0.05, 0.1) is 12.4 Å². The molecular weight excluding hydrogens is 276 g/mol. The van der Waals surface area contributed by atoms with Crippen LogP contribution in [0.15, 0.2) is 23.1 Å². The lowest BCUT2D eigenvalue weighted by molar-refractivity contribution is 0.174.